The molecule has 1 aliphatic carbocycles. The number of amides is 1. The highest BCUT2D eigenvalue weighted by Crippen LogP contribution is 2.42. The fraction of sp³-hybridized carbons (Fsp3) is 0.167. The maximum Gasteiger partial charge on any atom is 0.257 e. The summed E-state index contributed by atoms with van der Waals surface area (Å²) >= 11 is 5.75. The number of nitrogens with one attached hydrogen (secondary N) is 1. The molecule has 0 radical (unpaired) electrons. The summed E-state index contributed by atoms with van der Waals surface area (Å²) in [5.41, 5.74) is 1.39. The van der Waals surface area contributed by atoms with Crippen LogP contribution in [0.2, 0.25) is 5.02 Å². The van der Waals surface area contributed by atoms with E-state index in [1.807, 2.05) is 0 Å². The minimum Gasteiger partial charge on any atom is -0.436 e. The first-order valence-corrected chi connectivity index (χ1v) is 10.5. The van der Waals surface area contributed by atoms with Crippen molar-refractivity contribution in [3.05, 3.63) is 81.4 Å². The number of halogens is 5. The van der Waals surface area contributed by atoms with E-state index in [0.29, 0.717) is 11.5 Å². The lowest BCUT2D eigenvalue weighted by Crippen LogP contribution is -2.14. The van der Waals surface area contributed by atoms with Crippen molar-refractivity contribution in [1.82, 2.24) is 4.98 Å². The van der Waals surface area contributed by atoms with Gasteiger partial charge in [-0.1, -0.05) is 11.6 Å². The number of carbonyl (C=O) groups is 1. The van der Waals surface area contributed by atoms with Crippen molar-refractivity contribution in [3.63, 3.8) is 0 Å². The Morgan fingerprint density at radius 2 is 1.85 bits per heavy atom. The average molecular weight is 475 g/mol. The van der Waals surface area contributed by atoms with Gasteiger partial charge < -0.3 is 9.73 Å². The third-order valence-corrected chi connectivity index (χ3v) is 6.02. The Balaban J connectivity index is 1.53. The van der Waals surface area contributed by atoms with E-state index in [1.165, 1.54) is 6.07 Å². The lowest BCUT2D eigenvalue weighted by atomic mass is 10.1. The molecule has 0 aliphatic heterocycles. The van der Waals surface area contributed by atoms with Crippen LogP contribution in [0, 0.1) is 30.2 Å². The normalized spacial score (nSPS) is 13.5. The van der Waals surface area contributed by atoms with E-state index in [2.05, 4.69) is 10.3 Å². The zero-order valence-electron chi connectivity index (χ0n) is 17.1. The first kappa shape index (κ1) is 21.5. The van der Waals surface area contributed by atoms with E-state index in [4.69, 9.17) is 16.0 Å². The molecular weight excluding hydrogens is 460 g/mol. The molecule has 9 heteroatoms. The molecule has 5 rings (SSSR count). The van der Waals surface area contributed by atoms with Gasteiger partial charge >= 0.3 is 0 Å². The Kier molecular flexibility index (Phi) is 5.12. The van der Waals surface area contributed by atoms with Gasteiger partial charge in [0, 0.05) is 11.3 Å². The van der Waals surface area contributed by atoms with E-state index in [1.54, 1.807) is 13.0 Å². The van der Waals surface area contributed by atoms with Crippen molar-refractivity contribution >= 4 is 34.3 Å². The van der Waals surface area contributed by atoms with Gasteiger partial charge in [-0.25, -0.2) is 22.5 Å². The van der Waals surface area contributed by atoms with E-state index in [-0.39, 0.29) is 33.8 Å². The lowest BCUT2D eigenvalue weighted by Gasteiger charge is -2.12. The number of oxazole rings is 1. The topological polar surface area (TPSA) is 55.1 Å². The molecule has 1 saturated carbocycles. The summed E-state index contributed by atoms with van der Waals surface area (Å²) < 4.78 is 61.8. The van der Waals surface area contributed by atoms with E-state index < -0.39 is 34.2 Å². The van der Waals surface area contributed by atoms with Crippen molar-refractivity contribution in [3.8, 4) is 11.5 Å². The molecule has 0 saturated heterocycles. The largest absolute Gasteiger partial charge is 0.436 e. The van der Waals surface area contributed by atoms with Gasteiger partial charge in [0.1, 0.15) is 11.3 Å². The van der Waals surface area contributed by atoms with Crippen LogP contribution in [0.3, 0.4) is 0 Å². The molecule has 168 valence electrons. The molecule has 0 spiro atoms. The number of carbonyl (C=O) groups excluding carboxylic acids is 1. The predicted octanol–water partition coefficient (Wildman–Crippen LogP) is 7.14. The number of nitrogens with zero attached hydrogens (tertiary/aromatic N) is 1. The SMILES string of the molecule is Cc1c(NC(=O)c2ccc(F)c(F)c2Cl)cc(F)cc1-c1nc2c(F)cc(C3CC3)cc2o1. The van der Waals surface area contributed by atoms with Crippen LogP contribution in [0.1, 0.15) is 40.2 Å². The predicted molar refractivity (Wildman–Crippen MR) is 115 cm³/mol. The summed E-state index contributed by atoms with van der Waals surface area (Å²) in [5.74, 6) is -4.39. The first-order chi connectivity index (χ1) is 15.7. The number of anilines is 1. The van der Waals surface area contributed by atoms with Crippen molar-refractivity contribution in [1.29, 1.82) is 0 Å². The van der Waals surface area contributed by atoms with Crippen molar-refractivity contribution in [2.24, 2.45) is 0 Å². The molecule has 1 fully saturated rings. The number of hydrogen-bond acceptors (Lipinski definition) is 3. The standard InChI is InChI=1S/C24H15ClF4N2O2/c1-10-15(24-31-22-17(28)6-12(11-2-3-11)7-19(22)33-24)8-13(26)9-18(10)30-23(32)14-4-5-16(27)21(29)20(14)25/h4-9,11H,2-3H2,1H3,(H,30,32). The molecule has 0 atom stereocenters. The molecule has 4 nitrogen and oxygen atoms in total. The van der Waals surface area contributed by atoms with E-state index >= 15 is 0 Å². The third-order valence-electron chi connectivity index (χ3n) is 5.65. The highest BCUT2D eigenvalue weighted by Gasteiger charge is 2.26. The van der Waals surface area contributed by atoms with Crippen LogP contribution in [-0.2, 0) is 0 Å². The van der Waals surface area contributed by atoms with E-state index in [0.717, 1.165) is 42.7 Å². The molecule has 1 aliphatic rings. The molecule has 1 amide bonds. The number of fused-ring (bicyclic) bond motifs is 1. The maximum atomic E-state index is 14.6. The van der Waals surface area contributed by atoms with Gasteiger partial charge in [-0.05, 0) is 73.2 Å². The van der Waals surface area contributed by atoms with Crippen molar-refractivity contribution < 1.29 is 26.8 Å². The average Bonchev–Trinajstić information content (AvgIpc) is 3.53. The Morgan fingerprint density at radius 1 is 1.09 bits per heavy atom. The second-order valence-corrected chi connectivity index (χ2v) is 8.32. The van der Waals surface area contributed by atoms with Gasteiger partial charge in [0.25, 0.3) is 5.91 Å². The summed E-state index contributed by atoms with van der Waals surface area (Å²) in [6, 6.07) is 7.16. The van der Waals surface area contributed by atoms with Crippen LogP contribution >= 0.6 is 11.6 Å². The Labute approximate surface area is 190 Å². The number of aromatic nitrogens is 1. The second kappa shape index (κ2) is 7.88. The Hall–Kier alpha value is -3.39. The van der Waals surface area contributed by atoms with Crippen LogP contribution in [-0.4, -0.2) is 10.9 Å². The van der Waals surface area contributed by atoms with Gasteiger partial charge in [-0.15, -0.1) is 0 Å². The van der Waals surface area contributed by atoms with Crippen LogP contribution in [0.25, 0.3) is 22.6 Å². The summed E-state index contributed by atoms with van der Waals surface area (Å²) in [4.78, 5) is 16.8. The number of benzene rings is 3. The van der Waals surface area contributed by atoms with Crippen LogP contribution < -0.4 is 5.32 Å². The monoisotopic (exact) mass is 474 g/mol. The lowest BCUT2D eigenvalue weighted by molar-refractivity contribution is 0.102. The summed E-state index contributed by atoms with van der Waals surface area (Å²) in [6.07, 6.45) is 1.97. The fourth-order valence-electron chi connectivity index (χ4n) is 3.70. The molecule has 1 aromatic heterocycles. The molecule has 0 unspecified atom stereocenters. The van der Waals surface area contributed by atoms with Crippen molar-refractivity contribution in [2.75, 3.05) is 5.32 Å². The third kappa shape index (κ3) is 3.84. The molecule has 4 aromatic rings. The highest BCUT2D eigenvalue weighted by molar-refractivity contribution is 6.34. The minimum absolute atomic E-state index is 0.0183. The Morgan fingerprint density at radius 3 is 2.58 bits per heavy atom. The molecule has 0 bridgehead atoms. The number of hydrogen-bond donors (Lipinski definition) is 1. The molecular formula is C24H15ClF4N2O2. The van der Waals surface area contributed by atoms with Gasteiger partial charge in [0.05, 0.1) is 10.6 Å². The first-order valence-electron chi connectivity index (χ1n) is 10.1. The van der Waals surface area contributed by atoms with E-state index in [9.17, 15) is 22.4 Å². The zero-order chi connectivity index (χ0) is 23.4. The second-order valence-electron chi connectivity index (χ2n) is 7.95. The van der Waals surface area contributed by atoms with Crippen LogP contribution in [0.15, 0.2) is 40.8 Å². The van der Waals surface area contributed by atoms with Crippen molar-refractivity contribution in [2.45, 2.75) is 25.7 Å². The maximum absolute atomic E-state index is 14.6. The van der Waals surface area contributed by atoms with Gasteiger partial charge in [0.15, 0.2) is 23.0 Å². The summed E-state index contributed by atoms with van der Waals surface area (Å²) in [5, 5.41) is 1.75. The zero-order valence-corrected chi connectivity index (χ0v) is 17.9. The minimum atomic E-state index is -1.36. The number of rotatable bonds is 4. The Bertz CT molecular complexity index is 1450. The molecule has 3 aromatic carbocycles. The smallest absolute Gasteiger partial charge is 0.257 e. The molecule has 1 heterocycles. The highest BCUT2D eigenvalue weighted by atomic mass is 35.5. The molecule has 1 N–H and O–H groups in total. The fourth-order valence-corrected chi connectivity index (χ4v) is 3.94. The quantitative estimate of drug-likeness (QED) is 0.252. The van der Waals surface area contributed by atoms with Crippen LogP contribution in [0.4, 0.5) is 23.2 Å². The van der Waals surface area contributed by atoms with Gasteiger partial charge in [-0.3, -0.25) is 4.79 Å². The summed E-state index contributed by atoms with van der Waals surface area (Å²) in [6.45, 7) is 1.58. The van der Waals surface area contributed by atoms with Gasteiger partial charge in [0.2, 0.25) is 5.89 Å². The summed E-state index contributed by atoms with van der Waals surface area (Å²) in [7, 11) is 0. The van der Waals surface area contributed by atoms with Crippen LogP contribution in [0.5, 0.6) is 0 Å². The molecule has 33 heavy (non-hydrogen) atoms. The van der Waals surface area contributed by atoms with Gasteiger partial charge in [-0.2, -0.15) is 0 Å².